The number of carbonyl (C=O) groups excluding carboxylic acids is 2. The van der Waals surface area contributed by atoms with Gasteiger partial charge in [-0.1, -0.05) is 0 Å². The Bertz CT molecular complexity index is 717. The number of amides is 2. The second-order valence-corrected chi connectivity index (χ2v) is 6.13. The molecule has 128 valence electrons. The topological polar surface area (TPSA) is 75.7 Å². The molecule has 0 unspecified atom stereocenters. The zero-order valence-electron chi connectivity index (χ0n) is 14.0. The van der Waals surface area contributed by atoms with E-state index in [-0.39, 0.29) is 11.8 Å². The Kier molecular flexibility index (Phi) is 4.74. The van der Waals surface area contributed by atoms with Crippen molar-refractivity contribution in [3.8, 4) is 0 Å². The average molecular weight is 330 g/mol. The predicted octanol–water partition coefficient (Wildman–Crippen LogP) is 2.80. The van der Waals surface area contributed by atoms with Crippen molar-refractivity contribution in [1.29, 1.82) is 0 Å². The minimum atomic E-state index is -0.448. The van der Waals surface area contributed by atoms with Crippen LogP contribution in [0.2, 0.25) is 0 Å². The summed E-state index contributed by atoms with van der Waals surface area (Å²) >= 11 is 0. The van der Waals surface area contributed by atoms with Crippen molar-refractivity contribution in [2.24, 2.45) is 0 Å². The zero-order chi connectivity index (χ0) is 17.1. The van der Waals surface area contributed by atoms with Gasteiger partial charge in [-0.2, -0.15) is 0 Å². The second-order valence-electron chi connectivity index (χ2n) is 6.13. The predicted molar refractivity (Wildman–Crippen MR) is 87.4 cm³/mol. The van der Waals surface area contributed by atoms with Crippen LogP contribution in [0, 0.1) is 13.8 Å². The van der Waals surface area contributed by atoms with E-state index in [1.54, 1.807) is 30.2 Å². The van der Waals surface area contributed by atoms with Crippen LogP contribution in [0.25, 0.3) is 0 Å². The van der Waals surface area contributed by atoms with Gasteiger partial charge in [0.25, 0.3) is 5.91 Å². The fraction of sp³-hybridized carbons (Fsp3) is 0.444. The van der Waals surface area contributed by atoms with Gasteiger partial charge < -0.3 is 19.1 Å². The monoisotopic (exact) mass is 330 g/mol. The summed E-state index contributed by atoms with van der Waals surface area (Å²) in [4.78, 5) is 27.1. The Balaban J connectivity index is 1.71. The number of hydrogen-bond donors (Lipinski definition) is 1. The molecule has 1 aliphatic rings. The third-order valence-electron chi connectivity index (χ3n) is 4.35. The van der Waals surface area contributed by atoms with Gasteiger partial charge in [-0.25, -0.2) is 0 Å². The molecule has 1 N–H and O–H groups in total. The molecule has 0 aliphatic carbocycles. The van der Waals surface area contributed by atoms with Crippen LogP contribution in [0.15, 0.2) is 33.3 Å². The summed E-state index contributed by atoms with van der Waals surface area (Å²) in [5.41, 5.74) is 0.540. The van der Waals surface area contributed by atoms with Gasteiger partial charge in [0, 0.05) is 6.54 Å². The van der Waals surface area contributed by atoms with Crippen molar-refractivity contribution in [3.05, 3.63) is 47.3 Å². The largest absolute Gasteiger partial charge is 0.467 e. The number of piperidine rings is 1. The van der Waals surface area contributed by atoms with Crippen LogP contribution in [-0.4, -0.2) is 29.3 Å². The van der Waals surface area contributed by atoms with Crippen LogP contribution in [-0.2, 0) is 11.3 Å². The fourth-order valence-corrected chi connectivity index (χ4v) is 3.15. The molecule has 3 rings (SSSR count). The van der Waals surface area contributed by atoms with E-state index in [2.05, 4.69) is 5.32 Å². The van der Waals surface area contributed by atoms with Gasteiger partial charge in [-0.05, 0) is 51.3 Å². The molecule has 1 atom stereocenters. The summed E-state index contributed by atoms with van der Waals surface area (Å²) in [6, 6.07) is 4.88. The Hall–Kier alpha value is -2.50. The summed E-state index contributed by atoms with van der Waals surface area (Å²) in [5.74, 6) is 1.71. The number of likely N-dealkylation sites (tertiary alicyclic amines) is 1. The average Bonchev–Trinajstić information content (AvgIpc) is 3.21. The third-order valence-corrected chi connectivity index (χ3v) is 4.35. The van der Waals surface area contributed by atoms with Gasteiger partial charge in [0.05, 0.1) is 18.4 Å². The molecule has 0 radical (unpaired) electrons. The van der Waals surface area contributed by atoms with E-state index in [1.807, 2.05) is 13.0 Å². The van der Waals surface area contributed by atoms with E-state index in [0.29, 0.717) is 42.4 Å². The Morgan fingerprint density at radius 2 is 2.17 bits per heavy atom. The van der Waals surface area contributed by atoms with Crippen LogP contribution >= 0.6 is 0 Å². The van der Waals surface area contributed by atoms with Crippen LogP contribution in [0.3, 0.4) is 0 Å². The lowest BCUT2D eigenvalue weighted by Crippen LogP contribution is -2.51. The van der Waals surface area contributed by atoms with Crippen molar-refractivity contribution in [2.75, 3.05) is 6.54 Å². The van der Waals surface area contributed by atoms with Gasteiger partial charge in [0.15, 0.2) is 0 Å². The SMILES string of the molecule is Cc1cc(C(=O)N2CCCC[C@@H]2C(=O)NCc2ccco2)c(C)o1. The van der Waals surface area contributed by atoms with Crippen molar-refractivity contribution < 1.29 is 18.4 Å². The number of hydrogen-bond acceptors (Lipinski definition) is 4. The first-order chi connectivity index (χ1) is 11.6. The molecule has 2 amide bonds. The summed E-state index contributed by atoms with van der Waals surface area (Å²) in [7, 11) is 0. The highest BCUT2D eigenvalue weighted by Crippen LogP contribution is 2.23. The molecule has 6 heteroatoms. The third kappa shape index (κ3) is 3.37. The van der Waals surface area contributed by atoms with Crippen molar-refractivity contribution >= 4 is 11.8 Å². The minimum absolute atomic E-state index is 0.137. The van der Waals surface area contributed by atoms with E-state index in [9.17, 15) is 9.59 Å². The maximum Gasteiger partial charge on any atom is 0.258 e. The fourth-order valence-electron chi connectivity index (χ4n) is 3.15. The van der Waals surface area contributed by atoms with Gasteiger partial charge >= 0.3 is 0 Å². The molecule has 1 saturated heterocycles. The molecule has 24 heavy (non-hydrogen) atoms. The summed E-state index contributed by atoms with van der Waals surface area (Å²) in [6.45, 7) is 4.50. The summed E-state index contributed by atoms with van der Waals surface area (Å²) in [6.07, 6.45) is 4.09. The van der Waals surface area contributed by atoms with Crippen molar-refractivity contribution in [1.82, 2.24) is 10.2 Å². The van der Waals surface area contributed by atoms with Crippen LogP contribution < -0.4 is 5.32 Å². The van der Waals surface area contributed by atoms with Gasteiger partial charge in [0.2, 0.25) is 5.91 Å². The Labute approximate surface area is 140 Å². The van der Waals surface area contributed by atoms with E-state index in [0.717, 1.165) is 12.8 Å². The maximum atomic E-state index is 12.8. The highest BCUT2D eigenvalue weighted by molar-refractivity contribution is 5.98. The van der Waals surface area contributed by atoms with Gasteiger partial charge in [-0.15, -0.1) is 0 Å². The molecule has 1 fully saturated rings. The summed E-state index contributed by atoms with van der Waals surface area (Å²) < 4.78 is 10.7. The first kappa shape index (κ1) is 16.4. The molecule has 0 bridgehead atoms. The molecule has 2 aromatic heterocycles. The lowest BCUT2D eigenvalue weighted by molar-refractivity contribution is -0.126. The lowest BCUT2D eigenvalue weighted by atomic mass is 10.00. The molecular formula is C18H22N2O4. The molecule has 2 aromatic rings. The highest BCUT2D eigenvalue weighted by Gasteiger charge is 2.33. The quantitative estimate of drug-likeness (QED) is 0.935. The Morgan fingerprint density at radius 1 is 1.33 bits per heavy atom. The van der Waals surface area contributed by atoms with Crippen molar-refractivity contribution in [2.45, 2.75) is 45.7 Å². The zero-order valence-corrected chi connectivity index (χ0v) is 14.0. The minimum Gasteiger partial charge on any atom is -0.467 e. The van der Waals surface area contributed by atoms with E-state index >= 15 is 0 Å². The lowest BCUT2D eigenvalue weighted by Gasteiger charge is -2.34. The maximum absolute atomic E-state index is 12.8. The molecule has 0 spiro atoms. The van der Waals surface area contributed by atoms with Gasteiger partial charge in [-0.3, -0.25) is 9.59 Å². The van der Waals surface area contributed by atoms with Crippen LogP contribution in [0.4, 0.5) is 0 Å². The molecule has 1 aliphatic heterocycles. The molecular weight excluding hydrogens is 308 g/mol. The van der Waals surface area contributed by atoms with E-state index < -0.39 is 6.04 Å². The molecule has 0 aromatic carbocycles. The number of furan rings is 2. The first-order valence-electron chi connectivity index (χ1n) is 8.24. The number of nitrogens with zero attached hydrogens (tertiary/aromatic N) is 1. The van der Waals surface area contributed by atoms with Gasteiger partial charge in [0.1, 0.15) is 23.3 Å². The number of carbonyl (C=O) groups is 2. The highest BCUT2D eigenvalue weighted by atomic mass is 16.3. The molecule has 3 heterocycles. The van der Waals surface area contributed by atoms with E-state index in [1.165, 1.54) is 0 Å². The van der Waals surface area contributed by atoms with Crippen LogP contribution in [0.1, 0.15) is 46.9 Å². The molecule has 0 saturated carbocycles. The van der Waals surface area contributed by atoms with E-state index in [4.69, 9.17) is 8.83 Å². The number of nitrogens with one attached hydrogen (secondary N) is 1. The smallest absolute Gasteiger partial charge is 0.258 e. The Morgan fingerprint density at radius 3 is 2.83 bits per heavy atom. The molecule has 6 nitrogen and oxygen atoms in total. The second kappa shape index (κ2) is 6.95. The number of aryl methyl sites for hydroxylation is 2. The van der Waals surface area contributed by atoms with Crippen molar-refractivity contribution in [3.63, 3.8) is 0 Å². The van der Waals surface area contributed by atoms with Crippen LogP contribution in [0.5, 0.6) is 0 Å². The number of rotatable bonds is 4. The normalized spacial score (nSPS) is 17.8. The summed E-state index contributed by atoms with van der Waals surface area (Å²) in [5, 5.41) is 2.86. The first-order valence-corrected chi connectivity index (χ1v) is 8.24. The standard InChI is InChI=1S/C18H22N2O4/c1-12-10-15(13(2)24-12)18(22)20-8-4-3-7-16(20)17(21)19-11-14-6-5-9-23-14/h5-6,9-10,16H,3-4,7-8,11H2,1-2H3,(H,19,21)/t16-/m1/s1.